The molecule has 1 aromatic heterocycles. The van der Waals surface area contributed by atoms with Crippen molar-refractivity contribution in [3.8, 4) is 11.3 Å². The maximum Gasteiger partial charge on any atom is 0.289 e. The Bertz CT molecular complexity index is 969. The van der Waals surface area contributed by atoms with Gasteiger partial charge < -0.3 is 14.6 Å². The third kappa shape index (κ3) is 4.62. The number of amides is 2. The monoisotopic (exact) mass is 430 g/mol. The number of hydrogen-bond acceptors (Lipinski definition) is 3. The molecule has 0 aliphatic carbocycles. The molecule has 3 rings (SSSR count). The Morgan fingerprint density at radius 3 is 2.48 bits per heavy atom. The van der Waals surface area contributed by atoms with Gasteiger partial charge in [0.1, 0.15) is 11.6 Å². The number of para-hydroxylation sites is 1. The number of hydrogen-bond donors (Lipinski definition) is 1. The molecule has 0 aliphatic rings. The van der Waals surface area contributed by atoms with Crippen LogP contribution in [-0.2, 0) is 4.79 Å². The first-order valence-corrected chi connectivity index (χ1v) is 8.89. The lowest BCUT2D eigenvalue weighted by molar-refractivity contribution is -0.116. The normalized spacial score (nSPS) is 10.5. The predicted octanol–water partition coefficient (Wildman–Crippen LogP) is 4.56. The molecule has 0 aliphatic heterocycles. The van der Waals surface area contributed by atoms with E-state index in [1.54, 1.807) is 30.3 Å². The third-order valence-corrected chi connectivity index (χ3v) is 4.51. The molecule has 2 amide bonds. The van der Waals surface area contributed by atoms with Crippen molar-refractivity contribution >= 4 is 33.4 Å². The molecule has 0 radical (unpaired) electrons. The molecule has 0 unspecified atom stereocenters. The van der Waals surface area contributed by atoms with Crippen LogP contribution in [0, 0.1) is 5.82 Å². The van der Waals surface area contributed by atoms with Crippen molar-refractivity contribution in [3.63, 3.8) is 0 Å². The number of rotatable bonds is 5. The topological polar surface area (TPSA) is 62.6 Å². The zero-order valence-corrected chi connectivity index (χ0v) is 16.0. The van der Waals surface area contributed by atoms with Gasteiger partial charge in [-0.15, -0.1) is 0 Å². The summed E-state index contributed by atoms with van der Waals surface area (Å²) in [4.78, 5) is 25.9. The average Bonchev–Trinajstić information content (AvgIpc) is 3.13. The number of furan rings is 1. The average molecular weight is 431 g/mol. The molecular formula is C20H16BrFN2O3. The van der Waals surface area contributed by atoms with Crippen LogP contribution in [0.4, 0.5) is 10.1 Å². The van der Waals surface area contributed by atoms with Gasteiger partial charge in [-0.05, 0) is 64.5 Å². The van der Waals surface area contributed by atoms with E-state index in [-0.39, 0.29) is 24.0 Å². The van der Waals surface area contributed by atoms with Crippen LogP contribution in [0.5, 0.6) is 0 Å². The largest absolute Gasteiger partial charge is 0.451 e. The van der Waals surface area contributed by atoms with Crippen LogP contribution < -0.4 is 5.32 Å². The smallest absolute Gasteiger partial charge is 0.289 e. The zero-order chi connectivity index (χ0) is 19.4. The standard InChI is InChI=1S/C20H16BrFN2O3/c1-24(12-19(25)23-16-5-3-2-4-15(16)21)20(26)18-11-10-17(27-18)13-6-8-14(22)9-7-13/h2-11H,12H2,1H3,(H,23,25). The molecule has 1 heterocycles. The second-order valence-electron chi connectivity index (χ2n) is 5.86. The van der Waals surface area contributed by atoms with Gasteiger partial charge in [-0.1, -0.05) is 12.1 Å². The van der Waals surface area contributed by atoms with E-state index in [4.69, 9.17) is 4.42 Å². The Morgan fingerprint density at radius 2 is 1.78 bits per heavy atom. The molecule has 2 aromatic carbocycles. The quantitative estimate of drug-likeness (QED) is 0.645. The van der Waals surface area contributed by atoms with E-state index in [1.807, 2.05) is 12.1 Å². The van der Waals surface area contributed by atoms with Crippen LogP contribution >= 0.6 is 15.9 Å². The zero-order valence-electron chi connectivity index (χ0n) is 14.4. The Morgan fingerprint density at radius 1 is 1.07 bits per heavy atom. The first kappa shape index (κ1) is 18.8. The van der Waals surface area contributed by atoms with E-state index >= 15 is 0 Å². The van der Waals surface area contributed by atoms with E-state index in [2.05, 4.69) is 21.2 Å². The van der Waals surface area contributed by atoms with Gasteiger partial charge in [-0.3, -0.25) is 9.59 Å². The molecular weight excluding hydrogens is 415 g/mol. The molecule has 5 nitrogen and oxygen atoms in total. The van der Waals surface area contributed by atoms with Crippen molar-refractivity contribution in [2.45, 2.75) is 0 Å². The number of nitrogens with one attached hydrogen (secondary N) is 1. The summed E-state index contributed by atoms with van der Waals surface area (Å²) in [6, 6.07) is 16.1. The van der Waals surface area contributed by atoms with Crippen molar-refractivity contribution < 1.29 is 18.4 Å². The molecule has 0 spiro atoms. The molecule has 138 valence electrons. The summed E-state index contributed by atoms with van der Waals surface area (Å²) in [6.45, 7) is -0.132. The minimum absolute atomic E-state index is 0.102. The highest BCUT2D eigenvalue weighted by Crippen LogP contribution is 2.23. The van der Waals surface area contributed by atoms with Gasteiger partial charge in [0.05, 0.1) is 12.2 Å². The number of nitrogens with zero attached hydrogens (tertiary/aromatic N) is 1. The Kier molecular flexibility index (Phi) is 5.71. The molecule has 1 N–H and O–H groups in total. The van der Waals surface area contributed by atoms with E-state index in [0.29, 0.717) is 17.0 Å². The fourth-order valence-electron chi connectivity index (χ4n) is 2.45. The molecule has 7 heteroatoms. The van der Waals surface area contributed by atoms with Crippen molar-refractivity contribution in [1.29, 1.82) is 0 Å². The summed E-state index contributed by atoms with van der Waals surface area (Å²) in [7, 11) is 1.52. The van der Waals surface area contributed by atoms with Crippen LogP contribution in [-0.4, -0.2) is 30.3 Å². The van der Waals surface area contributed by atoms with Crippen LogP contribution in [0.25, 0.3) is 11.3 Å². The fourth-order valence-corrected chi connectivity index (χ4v) is 2.83. The highest BCUT2D eigenvalue weighted by molar-refractivity contribution is 9.10. The van der Waals surface area contributed by atoms with Gasteiger partial charge in [-0.2, -0.15) is 0 Å². The second-order valence-corrected chi connectivity index (χ2v) is 6.71. The van der Waals surface area contributed by atoms with Gasteiger partial charge in [0.2, 0.25) is 5.91 Å². The lowest BCUT2D eigenvalue weighted by Gasteiger charge is -2.15. The first-order valence-electron chi connectivity index (χ1n) is 8.09. The van der Waals surface area contributed by atoms with Crippen molar-refractivity contribution in [2.75, 3.05) is 18.9 Å². The summed E-state index contributed by atoms with van der Waals surface area (Å²) < 4.78 is 19.3. The minimum atomic E-state index is -0.425. The highest BCUT2D eigenvalue weighted by Gasteiger charge is 2.19. The van der Waals surface area contributed by atoms with Crippen LogP contribution in [0.1, 0.15) is 10.6 Å². The Balaban J connectivity index is 1.64. The SMILES string of the molecule is CN(CC(=O)Nc1ccccc1Br)C(=O)c1ccc(-c2ccc(F)cc2)o1. The van der Waals surface area contributed by atoms with E-state index < -0.39 is 5.91 Å². The van der Waals surface area contributed by atoms with Gasteiger partial charge in [-0.25, -0.2) is 4.39 Å². The molecule has 0 fully saturated rings. The van der Waals surface area contributed by atoms with Gasteiger partial charge >= 0.3 is 0 Å². The van der Waals surface area contributed by atoms with E-state index in [0.717, 1.165) is 4.47 Å². The van der Waals surface area contributed by atoms with Gasteiger partial charge in [0.15, 0.2) is 5.76 Å². The number of carbonyl (C=O) groups is 2. The Hall–Kier alpha value is -2.93. The summed E-state index contributed by atoms with van der Waals surface area (Å²) in [5.41, 5.74) is 1.28. The van der Waals surface area contributed by atoms with Gasteiger partial charge in [0, 0.05) is 17.1 Å². The maximum atomic E-state index is 13.0. The molecule has 0 bridgehead atoms. The molecule has 27 heavy (non-hydrogen) atoms. The molecule has 0 atom stereocenters. The van der Waals surface area contributed by atoms with Crippen molar-refractivity contribution in [3.05, 3.63) is 76.7 Å². The highest BCUT2D eigenvalue weighted by atomic mass is 79.9. The lowest BCUT2D eigenvalue weighted by Crippen LogP contribution is -2.34. The fraction of sp³-hybridized carbons (Fsp3) is 0.100. The van der Waals surface area contributed by atoms with E-state index in [1.165, 1.54) is 30.1 Å². The minimum Gasteiger partial charge on any atom is -0.451 e. The summed E-state index contributed by atoms with van der Waals surface area (Å²) in [6.07, 6.45) is 0. The van der Waals surface area contributed by atoms with Crippen molar-refractivity contribution in [2.24, 2.45) is 0 Å². The number of carbonyl (C=O) groups excluding carboxylic acids is 2. The lowest BCUT2D eigenvalue weighted by atomic mass is 10.2. The molecule has 0 saturated heterocycles. The summed E-state index contributed by atoms with van der Waals surface area (Å²) >= 11 is 3.35. The van der Waals surface area contributed by atoms with E-state index in [9.17, 15) is 14.0 Å². The summed E-state index contributed by atoms with van der Waals surface area (Å²) in [5.74, 6) is -0.555. The van der Waals surface area contributed by atoms with Crippen molar-refractivity contribution in [1.82, 2.24) is 4.90 Å². The second kappa shape index (κ2) is 8.18. The molecule has 0 saturated carbocycles. The van der Waals surface area contributed by atoms with Crippen LogP contribution in [0.2, 0.25) is 0 Å². The number of benzene rings is 2. The van der Waals surface area contributed by atoms with Gasteiger partial charge in [0.25, 0.3) is 5.91 Å². The number of anilines is 1. The first-order chi connectivity index (χ1) is 12.9. The summed E-state index contributed by atoms with van der Waals surface area (Å²) in [5, 5.41) is 2.74. The van der Waals surface area contributed by atoms with Crippen LogP contribution in [0.3, 0.4) is 0 Å². The van der Waals surface area contributed by atoms with Crippen LogP contribution in [0.15, 0.2) is 69.6 Å². The predicted molar refractivity (Wildman–Crippen MR) is 104 cm³/mol. The molecule has 3 aromatic rings. The maximum absolute atomic E-state index is 13.0. The number of halogens is 2. The number of likely N-dealkylation sites (N-methyl/N-ethyl adjacent to an activating group) is 1. The third-order valence-electron chi connectivity index (χ3n) is 3.82. The Labute approximate surface area is 163 Å².